The van der Waals surface area contributed by atoms with Crippen LogP contribution in [0.3, 0.4) is 0 Å². The van der Waals surface area contributed by atoms with Crippen LogP contribution in [0.4, 0.5) is 0 Å². The van der Waals surface area contributed by atoms with Gasteiger partial charge in [0.05, 0.1) is 10.6 Å². The van der Waals surface area contributed by atoms with Gasteiger partial charge in [-0.25, -0.2) is 0 Å². The number of aromatic nitrogens is 2. The second kappa shape index (κ2) is 4.80. The fourth-order valence-corrected chi connectivity index (χ4v) is 2.35. The van der Waals surface area contributed by atoms with E-state index in [9.17, 15) is 0 Å². The van der Waals surface area contributed by atoms with Crippen LogP contribution in [0, 0.1) is 5.92 Å². The van der Waals surface area contributed by atoms with E-state index in [2.05, 4.69) is 36.5 Å². The first kappa shape index (κ1) is 11.4. The summed E-state index contributed by atoms with van der Waals surface area (Å²) in [6.07, 6.45) is 0. The summed E-state index contributed by atoms with van der Waals surface area (Å²) in [4.78, 5) is 1.21. The molecule has 0 spiro atoms. The van der Waals surface area contributed by atoms with Crippen LogP contribution in [0.15, 0.2) is 23.6 Å². The second-order valence-electron chi connectivity index (χ2n) is 4.28. The molecule has 0 amide bonds. The number of nitrogens with two attached hydrogens (primary N) is 1. The van der Waals surface area contributed by atoms with Crippen LogP contribution >= 0.6 is 11.3 Å². The Hall–Kier alpha value is -1.13. The Morgan fingerprint density at radius 3 is 2.88 bits per heavy atom. The van der Waals surface area contributed by atoms with Crippen molar-refractivity contribution < 1.29 is 0 Å². The quantitative estimate of drug-likeness (QED) is 0.885. The van der Waals surface area contributed by atoms with Gasteiger partial charge in [-0.15, -0.1) is 11.3 Å². The summed E-state index contributed by atoms with van der Waals surface area (Å²) >= 11 is 1.71. The maximum absolute atomic E-state index is 5.74. The SMILES string of the molecule is CC(C)Cn1nc(-c2cccs2)cc1CN. The van der Waals surface area contributed by atoms with Gasteiger partial charge in [-0.1, -0.05) is 19.9 Å². The molecule has 0 aromatic carbocycles. The summed E-state index contributed by atoms with van der Waals surface area (Å²) in [7, 11) is 0. The number of hydrogen-bond donors (Lipinski definition) is 1. The number of hydrogen-bond acceptors (Lipinski definition) is 3. The second-order valence-corrected chi connectivity index (χ2v) is 5.23. The van der Waals surface area contributed by atoms with E-state index in [-0.39, 0.29) is 0 Å². The average Bonchev–Trinajstić information content (AvgIpc) is 2.83. The Labute approximate surface area is 99.9 Å². The lowest BCUT2D eigenvalue weighted by molar-refractivity contribution is 0.470. The van der Waals surface area contributed by atoms with Gasteiger partial charge < -0.3 is 5.73 Å². The lowest BCUT2D eigenvalue weighted by Gasteiger charge is -2.07. The van der Waals surface area contributed by atoms with E-state index >= 15 is 0 Å². The van der Waals surface area contributed by atoms with Crippen molar-refractivity contribution in [2.45, 2.75) is 26.9 Å². The van der Waals surface area contributed by atoms with Crippen LogP contribution in [0.1, 0.15) is 19.5 Å². The third-order valence-corrected chi connectivity index (χ3v) is 3.28. The number of rotatable bonds is 4. The van der Waals surface area contributed by atoms with Crippen molar-refractivity contribution in [2.24, 2.45) is 11.7 Å². The van der Waals surface area contributed by atoms with Crippen molar-refractivity contribution in [1.29, 1.82) is 0 Å². The fourth-order valence-electron chi connectivity index (χ4n) is 1.67. The molecule has 0 saturated heterocycles. The van der Waals surface area contributed by atoms with Gasteiger partial charge >= 0.3 is 0 Å². The molecule has 0 fully saturated rings. The fraction of sp³-hybridized carbons (Fsp3) is 0.417. The first-order valence-corrected chi connectivity index (χ1v) is 6.39. The maximum atomic E-state index is 5.74. The van der Waals surface area contributed by atoms with Crippen molar-refractivity contribution >= 4 is 11.3 Å². The highest BCUT2D eigenvalue weighted by molar-refractivity contribution is 7.13. The first-order chi connectivity index (χ1) is 7.70. The normalized spacial score (nSPS) is 11.2. The minimum atomic E-state index is 0.547. The molecule has 2 aromatic heterocycles. The molecular weight excluding hydrogens is 218 g/mol. The Kier molecular flexibility index (Phi) is 3.41. The molecule has 0 radical (unpaired) electrons. The van der Waals surface area contributed by atoms with Crippen molar-refractivity contribution in [2.75, 3.05) is 0 Å². The summed E-state index contributed by atoms with van der Waals surface area (Å²) in [5.41, 5.74) is 7.88. The van der Waals surface area contributed by atoms with Gasteiger partial charge in [-0.2, -0.15) is 5.10 Å². The smallest absolute Gasteiger partial charge is 0.103 e. The molecule has 86 valence electrons. The molecule has 16 heavy (non-hydrogen) atoms. The zero-order chi connectivity index (χ0) is 11.5. The average molecular weight is 235 g/mol. The zero-order valence-corrected chi connectivity index (χ0v) is 10.5. The van der Waals surface area contributed by atoms with Gasteiger partial charge in [-0.05, 0) is 23.4 Å². The number of nitrogens with zero attached hydrogens (tertiary/aromatic N) is 2. The molecule has 0 saturated carbocycles. The number of thiophene rings is 1. The van der Waals surface area contributed by atoms with E-state index in [0.29, 0.717) is 12.5 Å². The van der Waals surface area contributed by atoms with E-state index in [1.807, 2.05) is 10.7 Å². The monoisotopic (exact) mass is 235 g/mol. The molecule has 0 atom stereocenters. The molecule has 0 aliphatic heterocycles. The minimum Gasteiger partial charge on any atom is -0.325 e. The predicted molar refractivity (Wildman–Crippen MR) is 68.3 cm³/mol. The Morgan fingerprint density at radius 1 is 1.50 bits per heavy atom. The molecule has 4 heteroatoms. The highest BCUT2D eigenvalue weighted by Gasteiger charge is 2.09. The van der Waals surface area contributed by atoms with Crippen LogP contribution in [0.5, 0.6) is 0 Å². The van der Waals surface area contributed by atoms with Gasteiger partial charge in [-0.3, -0.25) is 4.68 Å². The van der Waals surface area contributed by atoms with Crippen molar-refractivity contribution in [3.63, 3.8) is 0 Å². The lowest BCUT2D eigenvalue weighted by Crippen LogP contribution is -2.12. The predicted octanol–water partition coefficient (Wildman–Crippen LogP) is 2.73. The highest BCUT2D eigenvalue weighted by Crippen LogP contribution is 2.24. The Morgan fingerprint density at radius 2 is 2.31 bits per heavy atom. The van der Waals surface area contributed by atoms with E-state index < -0.39 is 0 Å². The van der Waals surface area contributed by atoms with Gasteiger partial charge in [0, 0.05) is 13.1 Å². The molecule has 0 aliphatic carbocycles. The van der Waals surface area contributed by atoms with E-state index in [0.717, 1.165) is 17.9 Å². The molecule has 0 unspecified atom stereocenters. The summed E-state index contributed by atoms with van der Waals surface area (Å²) < 4.78 is 2.03. The third-order valence-electron chi connectivity index (χ3n) is 2.38. The van der Waals surface area contributed by atoms with Crippen LogP contribution in [-0.4, -0.2) is 9.78 Å². The summed E-state index contributed by atoms with van der Waals surface area (Å²) in [5.74, 6) is 0.585. The molecular formula is C12H17N3S. The molecule has 2 N–H and O–H groups in total. The minimum absolute atomic E-state index is 0.547. The Bertz CT molecular complexity index is 443. The van der Waals surface area contributed by atoms with Crippen LogP contribution in [-0.2, 0) is 13.1 Å². The standard InChI is InChI=1S/C12H17N3S/c1-9(2)8-15-10(7-13)6-11(14-15)12-4-3-5-16-12/h3-6,9H,7-8,13H2,1-2H3. The maximum Gasteiger partial charge on any atom is 0.103 e. The summed E-state index contributed by atoms with van der Waals surface area (Å²) in [6, 6.07) is 6.23. The van der Waals surface area contributed by atoms with Crippen molar-refractivity contribution in [1.82, 2.24) is 9.78 Å². The third kappa shape index (κ3) is 2.33. The largest absolute Gasteiger partial charge is 0.325 e. The van der Waals surface area contributed by atoms with Gasteiger partial charge in [0.25, 0.3) is 0 Å². The molecule has 0 aliphatic rings. The van der Waals surface area contributed by atoms with Gasteiger partial charge in [0.15, 0.2) is 0 Å². The molecule has 2 heterocycles. The van der Waals surface area contributed by atoms with Gasteiger partial charge in [0.1, 0.15) is 5.69 Å². The van der Waals surface area contributed by atoms with E-state index in [1.54, 1.807) is 11.3 Å². The van der Waals surface area contributed by atoms with Crippen LogP contribution in [0.25, 0.3) is 10.6 Å². The zero-order valence-electron chi connectivity index (χ0n) is 9.68. The van der Waals surface area contributed by atoms with Crippen molar-refractivity contribution in [3.05, 3.63) is 29.3 Å². The summed E-state index contributed by atoms with van der Waals surface area (Å²) in [5, 5.41) is 6.68. The highest BCUT2D eigenvalue weighted by atomic mass is 32.1. The molecule has 2 rings (SSSR count). The molecule has 3 nitrogen and oxygen atoms in total. The van der Waals surface area contributed by atoms with Crippen LogP contribution < -0.4 is 5.73 Å². The molecule has 0 bridgehead atoms. The Balaban J connectivity index is 2.32. The lowest BCUT2D eigenvalue weighted by atomic mass is 10.2. The van der Waals surface area contributed by atoms with Gasteiger partial charge in [0.2, 0.25) is 0 Å². The topological polar surface area (TPSA) is 43.8 Å². The van der Waals surface area contributed by atoms with Crippen LogP contribution in [0.2, 0.25) is 0 Å². The first-order valence-electron chi connectivity index (χ1n) is 5.51. The summed E-state index contributed by atoms with van der Waals surface area (Å²) in [6.45, 7) is 5.85. The van der Waals surface area contributed by atoms with Crippen molar-refractivity contribution in [3.8, 4) is 10.6 Å². The van der Waals surface area contributed by atoms with E-state index in [4.69, 9.17) is 5.73 Å². The van der Waals surface area contributed by atoms with E-state index in [1.165, 1.54) is 4.88 Å². The molecule has 2 aromatic rings.